The van der Waals surface area contributed by atoms with Gasteiger partial charge in [-0.15, -0.1) is 0 Å². The molecule has 6 nitrogen and oxygen atoms in total. The maximum absolute atomic E-state index is 12.9. The number of hydrogen-bond acceptors (Lipinski definition) is 4. The summed E-state index contributed by atoms with van der Waals surface area (Å²) >= 11 is 0. The van der Waals surface area contributed by atoms with Crippen LogP contribution in [0, 0.1) is 0 Å². The van der Waals surface area contributed by atoms with Gasteiger partial charge < -0.3 is 0 Å². The highest BCUT2D eigenvalue weighted by atomic mass is 19.4. The first kappa shape index (κ1) is 19.5. The van der Waals surface area contributed by atoms with Crippen LogP contribution in [0.4, 0.5) is 13.2 Å². The van der Waals surface area contributed by atoms with Gasteiger partial charge in [0.25, 0.3) is 5.56 Å². The number of rotatable bonds is 3. The lowest BCUT2D eigenvalue weighted by Gasteiger charge is -2.25. The summed E-state index contributed by atoms with van der Waals surface area (Å²) in [5.74, 6) is 0.134. The van der Waals surface area contributed by atoms with Gasteiger partial charge in [0.15, 0.2) is 5.82 Å². The number of pyridine rings is 2. The topological polar surface area (TPSA) is 66.8 Å². The van der Waals surface area contributed by atoms with Crippen LogP contribution in [0.1, 0.15) is 22.5 Å². The number of halogens is 3. The fourth-order valence-corrected chi connectivity index (χ4v) is 3.89. The van der Waals surface area contributed by atoms with E-state index in [9.17, 15) is 18.0 Å². The summed E-state index contributed by atoms with van der Waals surface area (Å²) in [7, 11) is 0. The molecule has 3 aromatic heterocycles. The van der Waals surface area contributed by atoms with E-state index in [1.54, 1.807) is 0 Å². The predicted octanol–water partition coefficient (Wildman–Crippen LogP) is 3.69. The van der Waals surface area contributed by atoms with Crippen molar-refractivity contribution in [1.29, 1.82) is 0 Å². The molecule has 4 aromatic rings. The summed E-state index contributed by atoms with van der Waals surface area (Å²) in [6, 6.07) is 12.2. The van der Waals surface area contributed by atoms with E-state index in [1.807, 2.05) is 36.5 Å². The first-order chi connectivity index (χ1) is 14.9. The summed E-state index contributed by atoms with van der Waals surface area (Å²) in [5, 5.41) is 5.19. The van der Waals surface area contributed by atoms with Gasteiger partial charge in [-0.25, -0.2) is 9.67 Å². The first-order valence-electron chi connectivity index (χ1n) is 9.81. The van der Waals surface area contributed by atoms with E-state index in [4.69, 9.17) is 0 Å². The lowest BCUT2D eigenvalue weighted by molar-refractivity contribution is -0.137. The molecule has 9 heteroatoms. The molecule has 158 valence electrons. The second-order valence-corrected chi connectivity index (χ2v) is 7.60. The standard InChI is InChI=1S/C22H18F3N5O/c23-22(24,25)16-5-6-20(27-11-16)30-21(31)18-13-29(8-7-19(18)28-30)12-17-9-14-3-1-2-4-15(14)10-26-17/h1-6,9-11,28H,7-8,12-13H2. The van der Waals surface area contributed by atoms with Crippen LogP contribution in [0.15, 0.2) is 59.7 Å². The Hall–Kier alpha value is -3.46. The highest BCUT2D eigenvalue weighted by molar-refractivity contribution is 5.81. The summed E-state index contributed by atoms with van der Waals surface area (Å²) in [6.07, 6.45) is -1.26. The van der Waals surface area contributed by atoms with E-state index in [2.05, 4.69) is 20.0 Å². The third-order valence-corrected chi connectivity index (χ3v) is 5.51. The number of aromatic amines is 1. The normalized spacial score (nSPS) is 14.7. The van der Waals surface area contributed by atoms with Crippen LogP contribution < -0.4 is 5.56 Å². The number of hydrogen-bond donors (Lipinski definition) is 1. The third-order valence-electron chi connectivity index (χ3n) is 5.51. The Kier molecular flexibility index (Phi) is 4.62. The van der Waals surface area contributed by atoms with Crippen LogP contribution in [0.5, 0.6) is 0 Å². The number of H-pyrrole nitrogens is 1. The minimum absolute atomic E-state index is 0.134. The first-order valence-corrected chi connectivity index (χ1v) is 9.81. The van der Waals surface area contributed by atoms with Gasteiger partial charge >= 0.3 is 6.18 Å². The van der Waals surface area contributed by atoms with E-state index in [0.717, 1.165) is 41.0 Å². The molecule has 1 aromatic carbocycles. The number of benzene rings is 1. The fourth-order valence-electron chi connectivity index (χ4n) is 3.89. The average molecular weight is 425 g/mol. The molecule has 0 saturated heterocycles. The monoisotopic (exact) mass is 425 g/mol. The summed E-state index contributed by atoms with van der Waals surface area (Å²) < 4.78 is 39.5. The van der Waals surface area contributed by atoms with E-state index in [-0.39, 0.29) is 11.4 Å². The van der Waals surface area contributed by atoms with E-state index in [0.29, 0.717) is 25.1 Å². The smallest absolute Gasteiger partial charge is 0.293 e. The summed E-state index contributed by atoms with van der Waals surface area (Å²) in [5.41, 5.74) is 1.17. The van der Waals surface area contributed by atoms with Crippen molar-refractivity contribution in [1.82, 2.24) is 24.6 Å². The third kappa shape index (κ3) is 3.72. The maximum atomic E-state index is 12.9. The van der Waals surface area contributed by atoms with Crippen LogP contribution in [0.25, 0.3) is 16.6 Å². The zero-order valence-corrected chi connectivity index (χ0v) is 16.4. The molecule has 4 heterocycles. The number of nitrogens with one attached hydrogen (secondary N) is 1. The van der Waals surface area contributed by atoms with Crippen LogP contribution >= 0.6 is 0 Å². The highest BCUT2D eigenvalue weighted by Gasteiger charge is 2.31. The van der Waals surface area contributed by atoms with Crippen LogP contribution in [0.2, 0.25) is 0 Å². The van der Waals surface area contributed by atoms with Gasteiger partial charge in [-0.3, -0.25) is 19.8 Å². The molecule has 0 amide bonds. The molecule has 0 bridgehead atoms. The molecule has 0 saturated carbocycles. The van der Waals surface area contributed by atoms with Gasteiger partial charge in [0.2, 0.25) is 0 Å². The number of fused-ring (bicyclic) bond motifs is 2. The molecule has 0 spiro atoms. The van der Waals surface area contributed by atoms with Crippen molar-refractivity contribution in [2.45, 2.75) is 25.7 Å². The second kappa shape index (κ2) is 7.35. The van der Waals surface area contributed by atoms with Crippen molar-refractivity contribution in [3.8, 4) is 5.82 Å². The maximum Gasteiger partial charge on any atom is 0.417 e. The molecule has 0 aliphatic carbocycles. The van der Waals surface area contributed by atoms with Gasteiger partial charge in [0.05, 0.1) is 16.8 Å². The van der Waals surface area contributed by atoms with Gasteiger partial charge in [0, 0.05) is 49.5 Å². The van der Waals surface area contributed by atoms with Gasteiger partial charge in [0.1, 0.15) is 0 Å². The Labute approximate surface area is 175 Å². The molecule has 0 fully saturated rings. The molecule has 0 radical (unpaired) electrons. The predicted molar refractivity (Wildman–Crippen MR) is 109 cm³/mol. The Morgan fingerprint density at radius 1 is 1.03 bits per heavy atom. The van der Waals surface area contributed by atoms with Crippen LogP contribution in [-0.2, 0) is 25.7 Å². The van der Waals surface area contributed by atoms with E-state index >= 15 is 0 Å². The van der Waals surface area contributed by atoms with E-state index in [1.165, 1.54) is 10.7 Å². The molecule has 1 aliphatic rings. The second-order valence-electron chi connectivity index (χ2n) is 7.60. The average Bonchev–Trinajstić information content (AvgIpc) is 3.09. The lowest BCUT2D eigenvalue weighted by Crippen LogP contribution is -2.32. The van der Waals surface area contributed by atoms with Crippen molar-refractivity contribution < 1.29 is 13.2 Å². The van der Waals surface area contributed by atoms with Crippen molar-refractivity contribution in [3.63, 3.8) is 0 Å². The van der Waals surface area contributed by atoms with Crippen molar-refractivity contribution in [2.24, 2.45) is 0 Å². The Morgan fingerprint density at radius 2 is 1.84 bits per heavy atom. The largest absolute Gasteiger partial charge is 0.417 e. The zero-order valence-electron chi connectivity index (χ0n) is 16.4. The Balaban J connectivity index is 1.37. The molecular weight excluding hydrogens is 407 g/mol. The van der Waals surface area contributed by atoms with Gasteiger partial charge in [-0.2, -0.15) is 13.2 Å². The lowest BCUT2D eigenvalue weighted by atomic mass is 10.1. The Morgan fingerprint density at radius 3 is 2.58 bits per heavy atom. The molecule has 1 aliphatic heterocycles. The van der Waals surface area contributed by atoms with Crippen molar-refractivity contribution >= 4 is 10.8 Å². The quantitative estimate of drug-likeness (QED) is 0.544. The van der Waals surface area contributed by atoms with Crippen LogP contribution in [0.3, 0.4) is 0 Å². The minimum atomic E-state index is -4.47. The van der Waals surface area contributed by atoms with Crippen molar-refractivity contribution in [3.05, 3.63) is 87.7 Å². The number of aromatic nitrogens is 4. The molecule has 0 unspecified atom stereocenters. The summed E-state index contributed by atoms with van der Waals surface area (Å²) in [4.78, 5) is 23.4. The number of alkyl halides is 3. The van der Waals surface area contributed by atoms with E-state index < -0.39 is 11.7 Å². The zero-order chi connectivity index (χ0) is 21.6. The Bertz CT molecular complexity index is 1310. The molecule has 5 rings (SSSR count). The molecule has 1 N–H and O–H groups in total. The molecule has 0 atom stereocenters. The summed E-state index contributed by atoms with van der Waals surface area (Å²) in [6.45, 7) is 1.78. The fraction of sp³-hybridized carbons (Fsp3) is 0.227. The minimum Gasteiger partial charge on any atom is -0.293 e. The van der Waals surface area contributed by atoms with Gasteiger partial charge in [-0.1, -0.05) is 24.3 Å². The number of nitrogens with zero attached hydrogens (tertiary/aromatic N) is 4. The van der Waals surface area contributed by atoms with Crippen LogP contribution in [-0.4, -0.2) is 31.2 Å². The molecule has 31 heavy (non-hydrogen) atoms. The molecular formula is C22H18F3N5O. The SMILES string of the molecule is O=c1c2c([nH]n1-c1ccc(C(F)(F)F)cn1)CCN(Cc1cc3ccccc3cn1)C2. The highest BCUT2D eigenvalue weighted by Crippen LogP contribution is 2.28. The van der Waals surface area contributed by atoms with Crippen molar-refractivity contribution in [2.75, 3.05) is 6.54 Å². The van der Waals surface area contributed by atoms with Gasteiger partial charge in [-0.05, 0) is 23.6 Å².